The monoisotopic (exact) mass is 327 g/mol. The molecule has 1 atom stereocenters. The molecule has 2 fully saturated rings. The second-order valence-corrected chi connectivity index (χ2v) is 5.89. The molecule has 0 amide bonds. The number of fused-ring (bicyclic) bond motifs is 1. The molecule has 1 aliphatic carbocycles. The van der Waals surface area contributed by atoms with E-state index in [9.17, 15) is 0 Å². The number of benzene rings is 1. The summed E-state index contributed by atoms with van der Waals surface area (Å²) in [5.74, 6) is 0.884. The van der Waals surface area contributed by atoms with E-state index in [1.54, 1.807) is 0 Å². The predicted octanol–water partition coefficient (Wildman–Crippen LogP) is 3.37. The van der Waals surface area contributed by atoms with E-state index in [1.165, 1.54) is 42.4 Å². The Balaban J connectivity index is 0.000000807. The molecule has 1 aromatic heterocycles. The average molecular weight is 328 g/mol. The lowest BCUT2D eigenvalue weighted by Crippen LogP contribution is -2.45. The number of aromatic amines is 1. The van der Waals surface area contributed by atoms with Crippen LogP contribution in [-0.2, 0) is 0 Å². The van der Waals surface area contributed by atoms with Crippen LogP contribution >= 0.6 is 24.8 Å². The first-order valence-corrected chi connectivity index (χ1v) is 7.43. The quantitative estimate of drug-likeness (QED) is 0.905. The number of halogens is 2. The largest absolute Gasteiger partial charge is 0.361 e. The second kappa shape index (κ2) is 7.01. The van der Waals surface area contributed by atoms with Gasteiger partial charge in [0.25, 0.3) is 0 Å². The Morgan fingerprint density at radius 3 is 2.52 bits per heavy atom. The molecule has 0 radical (unpaired) electrons. The minimum Gasteiger partial charge on any atom is -0.361 e. The molecule has 21 heavy (non-hydrogen) atoms. The standard InChI is InChI=1S/C16H21N3.2ClH/c1-2-12(1)16(19-9-7-17-8-10-19)14-3-4-15-13(11-14)5-6-18-15;;/h3-6,11-12,16-18H,1-2,7-10H2;2*1H/t16-;;/m0../s1. The minimum atomic E-state index is 0. The van der Waals surface area contributed by atoms with Gasteiger partial charge in [-0.25, -0.2) is 0 Å². The van der Waals surface area contributed by atoms with Gasteiger partial charge in [0.15, 0.2) is 0 Å². The molecule has 2 aromatic rings. The van der Waals surface area contributed by atoms with Gasteiger partial charge in [-0.3, -0.25) is 4.90 Å². The van der Waals surface area contributed by atoms with Crippen molar-refractivity contribution < 1.29 is 0 Å². The van der Waals surface area contributed by atoms with Crippen LogP contribution in [0.2, 0.25) is 0 Å². The van der Waals surface area contributed by atoms with Crippen molar-refractivity contribution in [1.82, 2.24) is 15.2 Å². The van der Waals surface area contributed by atoms with E-state index in [1.807, 2.05) is 6.20 Å². The zero-order valence-electron chi connectivity index (χ0n) is 12.0. The summed E-state index contributed by atoms with van der Waals surface area (Å²) in [6.45, 7) is 4.64. The van der Waals surface area contributed by atoms with E-state index >= 15 is 0 Å². The van der Waals surface area contributed by atoms with Gasteiger partial charge >= 0.3 is 0 Å². The van der Waals surface area contributed by atoms with Crippen molar-refractivity contribution in [2.75, 3.05) is 26.2 Å². The molecule has 1 saturated heterocycles. The summed E-state index contributed by atoms with van der Waals surface area (Å²) in [7, 11) is 0. The molecule has 5 heteroatoms. The molecule has 4 rings (SSSR count). The summed E-state index contributed by atoms with van der Waals surface area (Å²) < 4.78 is 0. The molecule has 2 heterocycles. The van der Waals surface area contributed by atoms with Gasteiger partial charge in [0.2, 0.25) is 0 Å². The van der Waals surface area contributed by atoms with Gasteiger partial charge in [-0.15, -0.1) is 24.8 Å². The maximum absolute atomic E-state index is 3.46. The third-order valence-electron chi connectivity index (χ3n) is 4.53. The molecule has 116 valence electrons. The van der Waals surface area contributed by atoms with E-state index in [0.29, 0.717) is 6.04 Å². The van der Waals surface area contributed by atoms with E-state index in [-0.39, 0.29) is 24.8 Å². The van der Waals surface area contributed by atoms with E-state index in [0.717, 1.165) is 19.0 Å². The van der Waals surface area contributed by atoms with Crippen LogP contribution in [0.15, 0.2) is 30.5 Å². The minimum absolute atomic E-state index is 0. The van der Waals surface area contributed by atoms with Crippen molar-refractivity contribution in [3.8, 4) is 0 Å². The highest BCUT2D eigenvalue weighted by Crippen LogP contribution is 2.45. The highest BCUT2D eigenvalue weighted by molar-refractivity contribution is 5.85. The highest BCUT2D eigenvalue weighted by atomic mass is 35.5. The zero-order chi connectivity index (χ0) is 12.7. The Bertz CT molecular complexity index is 574. The fraction of sp³-hybridized carbons (Fsp3) is 0.500. The number of H-pyrrole nitrogens is 1. The van der Waals surface area contributed by atoms with Crippen molar-refractivity contribution in [1.29, 1.82) is 0 Å². The van der Waals surface area contributed by atoms with Gasteiger partial charge in [-0.2, -0.15) is 0 Å². The van der Waals surface area contributed by atoms with Gasteiger partial charge < -0.3 is 10.3 Å². The Morgan fingerprint density at radius 1 is 1.05 bits per heavy atom. The Labute approximate surface area is 138 Å². The molecule has 1 saturated carbocycles. The lowest BCUT2D eigenvalue weighted by molar-refractivity contribution is 0.156. The van der Waals surface area contributed by atoms with Crippen LogP contribution in [0.5, 0.6) is 0 Å². The maximum Gasteiger partial charge on any atom is 0.0454 e. The van der Waals surface area contributed by atoms with Gasteiger partial charge in [-0.05, 0) is 47.9 Å². The van der Waals surface area contributed by atoms with Crippen molar-refractivity contribution in [3.63, 3.8) is 0 Å². The number of piperazine rings is 1. The number of aromatic nitrogens is 1. The molecule has 3 nitrogen and oxygen atoms in total. The van der Waals surface area contributed by atoms with Gasteiger partial charge in [0.05, 0.1) is 0 Å². The van der Waals surface area contributed by atoms with Crippen LogP contribution in [0.25, 0.3) is 10.9 Å². The molecular weight excluding hydrogens is 305 g/mol. The predicted molar refractivity (Wildman–Crippen MR) is 92.7 cm³/mol. The van der Waals surface area contributed by atoms with Crippen molar-refractivity contribution in [2.24, 2.45) is 5.92 Å². The summed E-state index contributed by atoms with van der Waals surface area (Å²) in [5.41, 5.74) is 2.76. The summed E-state index contributed by atoms with van der Waals surface area (Å²) in [5, 5.41) is 4.80. The fourth-order valence-corrected chi connectivity index (χ4v) is 3.41. The number of nitrogens with one attached hydrogen (secondary N) is 2. The number of hydrogen-bond donors (Lipinski definition) is 2. The Hall–Kier alpha value is -0.740. The van der Waals surface area contributed by atoms with E-state index in [2.05, 4.69) is 39.5 Å². The molecule has 0 bridgehead atoms. The SMILES string of the molecule is Cl.Cl.c1cc2cc([C@H](C3CC3)N3CCNCC3)ccc2[nH]1. The zero-order valence-corrected chi connectivity index (χ0v) is 13.7. The van der Waals surface area contributed by atoms with Crippen molar-refractivity contribution >= 4 is 35.7 Å². The van der Waals surface area contributed by atoms with Crippen LogP contribution < -0.4 is 5.32 Å². The van der Waals surface area contributed by atoms with Crippen LogP contribution in [0.3, 0.4) is 0 Å². The summed E-state index contributed by atoms with van der Waals surface area (Å²) in [4.78, 5) is 5.97. The van der Waals surface area contributed by atoms with Crippen molar-refractivity contribution in [2.45, 2.75) is 18.9 Å². The molecule has 1 aliphatic heterocycles. The first-order chi connectivity index (χ1) is 9.42. The molecule has 2 aliphatic rings. The van der Waals surface area contributed by atoms with E-state index in [4.69, 9.17) is 0 Å². The number of rotatable bonds is 3. The normalized spacial score (nSPS) is 20.6. The average Bonchev–Trinajstić information content (AvgIpc) is 3.17. The number of hydrogen-bond acceptors (Lipinski definition) is 2. The topological polar surface area (TPSA) is 31.1 Å². The van der Waals surface area contributed by atoms with E-state index < -0.39 is 0 Å². The van der Waals surface area contributed by atoms with Crippen LogP contribution in [0.1, 0.15) is 24.4 Å². The number of nitrogens with zero attached hydrogens (tertiary/aromatic N) is 1. The summed E-state index contributed by atoms with van der Waals surface area (Å²) in [6.07, 6.45) is 4.84. The first kappa shape index (κ1) is 16.6. The molecule has 2 N–H and O–H groups in total. The molecule has 0 unspecified atom stereocenters. The summed E-state index contributed by atoms with van der Waals surface area (Å²) in [6, 6.07) is 9.77. The molecule has 0 spiro atoms. The Morgan fingerprint density at radius 2 is 1.81 bits per heavy atom. The Kier molecular flexibility index (Phi) is 5.55. The third kappa shape index (κ3) is 3.37. The molecule has 1 aromatic carbocycles. The second-order valence-electron chi connectivity index (χ2n) is 5.89. The third-order valence-corrected chi connectivity index (χ3v) is 4.53. The fourth-order valence-electron chi connectivity index (χ4n) is 3.41. The lowest BCUT2D eigenvalue weighted by atomic mass is 9.98. The van der Waals surface area contributed by atoms with Gasteiger partial charge in [0, 0.05) is 43.9 Å². The highest BCUT2D eigenvalue weighted by Gasteiger charge is 2.36. The summed E-state index contributed by atoms with van der Waals surface area (Å²) >= 11 is 0. The van der Waals surface area contributed by atoms with Crippen LogP contribution in [0.4, 0.5) is 0 Å². The van der Waals surface area contributed by atoms with Gasteiger partial charge in [0.1, 0.15) is 0 Å². The lowest BCUT2D eigenvalue weighted by Gasteiger charge is -2.35. The van der Waals surface area contributed by atoms with Crippen LogP contribution in [0, 0.1) is 5.92 Å². The van der Waals surface area contributed by atoms with Crippen LogP contribution in [-0.4, -0.2) is 36.1 Å². The maximum atomic E-state index is 3.46. The molecular formula is C16H23Cl2N3. The van der Waals surface area contributed by atoms with Crippen molar-refractivity contribution in [3.05, 3.63) is 36.0 Å². The first-order valence-electron chi connectivity index (χ1n) is 7.43. The smallest absolute Gasteiger partial charge is 0.0454 e. The van der Waals surface area contributed by atoms with Gasteiger partial charge in [-0.1, -0.05) is 6.07 Å².